The summed E-state index contributed by atoms with van der Waals surface area (Å²) in [5.74, 6) is 1.45. The van der Waals surface area contributed by atoms with Crippen molar-refractivity contribution < 1.29 is 4.74 Å². The lowest BCUT2D eigenvalue weighted by Gasteiger charge is -2.19. The predicted octanol–water partition coefficient (Wildman–Crippen LogP) is 4.28. The number of nitrogens with one attached hydrogen (secondary N) is 1. The summed E-state index contributed by atoms with van der Waals surface area (Å²) in [5, 5.41) is 3.28. The summed E-state index contributed by atoms with van der Waals surface area (Å²) in [5.41, 5.74) is 2.53. The van der Waals surface area contributed by atoms with Crippen LogP contribution < -0.4 is 10.1 Å². The normalized spacial score (nSPS) is 11.4. The highest BCUT2D eigenvalue weighted by molar-refractivity contribution is 5.35. The van der Waals surface area contributed by atoms with Crippen molar-refractivity contribution in [3.8, 4) is 11.6 Å². The van der Waals surface area contributed by atoms with Crippen LogP contribution in [0.25, 0.3) is 0 Å². The molecule has 0 aliphatic carbocycles. The fraction of sp³-hybridized carbons (Fsp3) is 0.389. The van der Waals surface area contributed by atoms with Crippen LogP contribution in [0.3, 0.4) is 0 Å². The van der Waals surface area contributed by atoms with Crippen LogP contribution in [0.2, 0.25) is 0 Å². The molecule has 1 N–H and O–H groups in total. The lowest BCUT2D eigenvalue weighted by molar-refractivity contribution is 0.459. The number of benzene rings is 1. The quantitative estimate of drug-likeness (QED) is 0.889. The average Bonchev–Trinajstić information content (AvgIpc) is 2.46. The van der Waals surface area contributed by atoms with Gasteiger partial charge in [0.1, 0.15) is 5.75 Å². The lowest BCUT2D eigenvalue weighted by atomic mass is 9.87. The van der Waals surface area contributed by atoms with Gasteiger partial charge in [-0.15, -0.1) is 0 Å². The van der Waals surface area contributed by atoms with E-state index in [2.05, 4.69) is 50.1 Å². The summed E-state index contributed by atoms with van der Waals surface area (Å²) in [7, 11) is 0. The van der Waals surface area contributed by atoms with Crippen LogP contribution in [-0.2, 0) is 12.0 Å². The Bertz CT molecular complexity index is 571. The molecule has 3 nitrogen and oxygen atoms in total. The molecule has 0 amide bonds. The molecule has 0 saturated heterocycles. The van der Waals surface area contributed by atoms with E-state index >= 15 is 0 Å². The minimum atomic E-state index is 0.114. The zero-order valence-electron chi connectivity index (χ0n) is 13.3. The molecule has 0 atom stereocenters. The molecule has 0 unspecified atom stereocenters. The third-order valence-corrected chi connectivity index (χ3v) is 3.30. The second kappa shape index (κ2) is 6.72. The first-order valence-electron chi connectivity index (χ1n) is 7.43. The maximum Gasteiger partial charge on any atom is 0.219 e. The second-order valence-electron chi connectivity index (χ2n) is 6.16. The highest BCUT2D eigenvalue weighted by Crippen LogP contribution is 2.27. The van der Waals surface area contributed by atoms with Gasteiger partial charge in [-0.25, -0.2) is 4.98 Å². The molecule has 0 fully saturated rings. The van der Waals surface area contributed by atoms with Gasteiger partial charge >= 0.3 is 0 Å². The van der Waals surface area contributed by atoms with Crippen molar-refractivity contribution >= 4 is 0 Å². The summed E-state index contributed by atoms with van der Waals surface area (Å²) in [6.07, 6.45) is 1.85. The van der Waals surface area contributed by atoms with Crippen LogP contribution in [0.1, 0.15) is 38.8 Å². The highest BCUT2D eigenvalue weighted by atomic mass is 16.5. The van der Waals surface area contributed by atoms with E-state index in [0.717, 1.165) is 24.4 Å². The SMILES string of the molecule is CCNCc1ccc(Oc2cccc(C(C)(C)C)c2)nc1. The first kappa shape index (κ1) is 15.5. The molecule has 0 aliphatic heterocycles. The summed E-state index contributed by atoms with van der Waals surface area (Å²) in [6.45, 7) is 10.5. The molecule has 0 radical (unpaired) electrons. The predicted molar refractivity (Wildman–Crippen MR) is 86.8 cm³/mol. The van der Waals surface area contributed by atoms with Crippen LogP contribution in [0.4, 0.5) is 0 Å². The first-order chi connectivity index (χ1) is 9.99. The molecule has 1 heterocycles. The number of pyridine rings is 1. The van der Waals surface area contributed by atoms with Gasteiger partial charge < -0.3 is 10.1 Å². The van der Waals surface area contributed by atoms with E-state index in [9.17, 15) is 0 Å². The Morgan fingerprint density at radius 2 is 1.95 bits per heavy atom. The van der Waals surface area contributed by atoms with Crippen LogP contribution >= 0.6 is 0 Å². The molecule has 0 bridgehead atoms. The Kier molecular flexibility index (Phi) is 4.97. The number of hydrogen-bond acceptors (Lipinski definition) is 3. The smallest absolute Gasteiger partial charge is 0.219 e. The Balaban J connectivity index is 2.08. The minimum Gasteiger partial charge on any atom is -0.439 e. The zero-order valence-corrected chi connectivity index (χ0v) is 13.3. The van der Waals surface area contributed by atoms with Gasteiger partial charge in [-0.3, -0.25) is 0 Å². The standard InChI is InChI=1S/C18H24N2O/c1-5-19-12-14-9-10-17(20-13-14)21-16-8-6-7-15(11-16)18(2,3)4/h6-11,13,19H,5,12H2,1-4H3. The van der Waals surface area contributed by atoms with Gasteiger partial charge in [0.05, 0.1) is 0 Å². The third kappa shape index (κ3) is 4.57. The fourth-order valence-corrected chi connectivity index (χ4v) is 1.99. The highest BCUT2D eigenvalue weighted by Gasteiger charge is 2.14. The van der Waals surface area contributed by atoms with Gasteiger partial charge in [0.2, 0.25) is 5.88 Å². The maximum atomic E-state index is 5.84. The molecule has 0 spiro atoms. The summed E-state index contributed by atoms with van der Waals surface area (Å²) >= 11 is 0. The van der Waals surface area contributed by atoms with E-state index in [0.29, 0.717) is 5.88 Å². The molecule has 2 rings (SSSR count). The van der Waals surface area contributed by atoms with E-state index in [1.807, 2.05) is 30.5 Å². The van der Waals surface area contributed by atoms with Crippen molar-refractivity contribution in [2.24, 2.45) is 0 Å². The van der Waals surface area contributed by atoms with Crippen molar-refractivity contribution in [1.29, 1.82) is 0 Å². The van der Waals surface area contributed by atoms with Crippen LogP contribution in [-0.4, -0.2) is 11.5 Å². The van der Waals surface area contributed by atoms with Crippen molar-refractivity contribution in [1.82, 2.24) is 10.3 Å². The molecule has 3 heteroatoms. The maximum absolute atomic E-state index is 5.84. The molecule has 0 aliphatic rings. The van der Waals surface area contributed by atoms with Crippen LogP contribution in [0.15, 0.2) is 42.6 Å². The van der Waals surface area contributed by atoms with E-state index in [4.69, 9.17) is 4.74 Å². The van der Waals surface area contributed by atoms with Crippen LogP contribution in [0.5, 0.6) is 11.6 Å². The number of rotatable bonds is 5. The van der Waals surface area contributed by atoms with Crippen molar-refractivity contribution in [2.45, 2.75) is 39.7 Å². The minimum absolute atomic E-state index is 0.114. The largest absolute Gasteiger partial charge is 0.439 e. The number of aromatic nitrogens is 1. The second-order valence-corrected chi connectivity index (χ2v) is 6.16. The number of hydrogen-bond donors (Lipinski definition) is 1. The molecule has 112 valence electrons. The monoisotopic (exact) mass is 284 g/mol. The van der Waals surface area contributed by atoms with Crippen molar-refractivity contribution in [3.63, 3.8) is 0 Å². The Morgan fingerprint density at radius 3 is 2.57 bits per heavy atom. The third-order valence-electron chi connectivity index (χ3n) is 3.30. The van der Waals surface area contributed by atoms with Gasteiger partial charge in [-0.1, -0.05) is 45.9 Å². The molecule has 2 aromatic rings. The van der Waals surface area contributed by atoms with Crippen LogP contribution in [0, 0.1) is 0 Å². The van der Waals surface area contributed by atoms with Gasteiger partial charge in [-0.2, -0.15) is 0 Å². The Labute approximate surface area is 127 Å². The van der Waals surface area contributed by atoms with E-state index < -0.39 is 0 Å². The zero-order chi connectivity index (χ0) is 15.3. The van der Waals surface area contributed by atoms with Crippen molar-refractivity contribution in [2.75, 3.05) is 6.54 Å². The molecular formula is C18H24N2O. The van der Waals surface area contributed by atoms with Gasteiger partial charge in [0, 0.05) is 18.8 Å². The van der Waals surface area contributed by atoms with Gasteiger partial charge in [0.15, 0.2) is 0 Å². The van der Waals surface area contributed by atoms with E-state index in [1.54, 1.807) is 0 Å². The Hall–Kier alpha value is -1.87. The lowest BCUT2D eigenvalue weighted by Crippen LogP contribution is -2.11. The first-order valence-corrected chi connectivity index (χ1v) is 7.43. The Morgan fingerprint density at radius 1 is 1.14 bits per heavy atom. The summed E-state index contributed by atoms with van der Waals surface area (Å²) in [4.78, 5) is 4.36. The van der Waals surface area contributed by atoms with Gasteiger partial charge in [0.25, 0.3) is 0 Å². The number of nitrogens with zero attached hydrogens (tertiary/aromatic N) is 1. The molecule has 21 heavy (non-hydrogen) atoms. The van der Waals surface area contributed by atoms with E-state index in [1.165, 1.54) is 5.56 Å². The molecule has 1 aromatic heterocycles. The molecule has 0 saturated carbocycles. The average molecular weight is 284 g/mol. The summed E-state index contributed by atoms with van der Waals surface area (Å²) < 4.78 is 5.84. The molecule has 1 aromatic carbocycles. The number of ether oxygens (including phenoxy) is 1. The topological polar surface area (TPSA) is 34.1 Å². The van der Waals surface area contributed by atoms with E-state index in [-0.39, 0.29) is 5.41 Å². The summed E-state index contributed by atoms with van der Waals surface area (Å²) in [6, 6.07) is 12.1. The van der Waals surface area contributed by atoms with Crippen molar-refractivity contribution in [3.05, 3.63) is 53.7 Å². The molecular weight excluding hydrogens is 260 g/mol. The van der Waals surface area contributed by atoms with Gasteiger partial charge in [-0.05, 0) is 35.2 Å². The fourth-order valence-electron chi connectivity index (χ4n) is 1.99.